The molecule has 1 aromatic rings. The third-order valence-corrected chi connectivity index (χ3v) is 3.85. The molecule has 0 spiro atoms. The van der Waals surface area contributed by atoms with Crippen LogP contribution in [0.2, 0.25) is 0 Å². The van der Waals surface area contributed by atoms with Crippen LogP contribution >= 0.6 is 0 Å². The van der Waals surface area contributed by atoms with E-state index in [9.17, 15) is 8.42 Å². The van der Waals surface area contributed by atoms with Gasteiger partial charge < -0.3 is 4.84 Å². The van der Waals surface area contributed by atoms with Gasteiger partial charge in [0.15, 0.2) is 0 Å². The first-order valence-electron chi connectivity index (χ1n) is 4.57. The molecule has 5 heteroatoms. The molecule has 4 nitrogen and oxygen atoms in total. The van der Waals surface area contributed by atoms with Crippen LogP contribution in [0.4, 0.5) is 0 Å². The Morgan fingerprint density at radius 3 is 2.38 bits per heavy atom. The summed E-state index contributed by atoms with van der Waals surface area (Å²) in [6.07, 6.45) is 0. The van der Waals surface area contributed by atoms with Crippen molar-refractivity contribution in [2.75, 3.05) is 7.11 Å². The molecular formula is C11H13NO3S. The summed E-state index contributed by atoms with van der Waals surface area (Å²) in [5.41, 5.74) is 0.242. The average Bonchev–Trinajstić information content (AvgIpc) is 2.29. The van der Waals surface area contributed by atoms with Crippen LogP contribution in [0.5, 0.6) is 0 Å². The largest absolute Gasteiger partial charge is 0.399 e. The molecule has 1 rings (SSSR count). The zero-order valence-electron chi connectivity index (χ0n) is 9.17. The number of oxime groups is 1. The number of rotatable bonds is 4. The fraction of sp³-hybridized carbons (Fsp3) is 0.182. The van der Waals surface area contributed by atoms with Crippen molar-refractivity contribution in [3.63, 3.8) is 0 Å². The molecule has 0 aliphatic carbocycles. The second-order valence-electron chi connectivity index (χ2n) is 3.10. The average molecular weight is 239 g/mol. The molecule has 0 fully saturated rings. The van der Waals surface area contributed by atoms with Gasteiger partial charge in [-0.1, -0.05) is 29.9 Å². The van der Waals surface area contributed by atoms with Crippen molar-refractivity contribution < 1.29 is 13.3 Å². The van der Waals surface area contributed by atoms with E-state index in [1.54, 1.807) is 18.2 Å². The Labute approximate surface area is 95.2 Å². The van der Waals surface area contributed by atoms with Gasteiger partial charge in [-0.15, -0.1) is 0 Å². The Hall–Kier alpha value is -1.62. The number of nitrogens with zero attached hydrogens (tertiary/aromatic N) is 1. The van der Waals surface area contributed by atoms with Gasteiger partial charge in [0.05, 0.1) is 15.5 Å². The van der Waals surface area contributed by atoms with Gasteiger partial charge in [-0.05, 0) is 19.1 Å². The first-order chi connectivity index (χ1) is 7.50. The van der Waals surface area contributed by atoms with Crippen LogP contribution in [-0.2, 0) is 14.7 Å². The van der Waals surface area contributed by atoms with Crippen molar-refractivity contribution in [3.05, 3.63) is 41.8 Å². The molecule has 0 amide bonds. The summed E-state index contributed by atoms with van der Waals surface area (Å²) in [6, 6.07) is 8.09. The Balaban J connectivity index is 3.15. The second kappa shape index (κ2) is 4.94. The minimum Gasteiger partial charge on any atom is -0.399 e. The molecule has 0 unspecified atom stereocenters. The molecule has 0 atom stereocenters. The summed E-state index contributed by atoms with van der Waals surface area (Å²) in [6.45, 7) is 5.06. The van der Waals surface area contributed by atoms with Crippen LogP contribution in [0.1, 0.15) is 6.92 Å². The molecule has 86 valence electrons. The summed E-state index contributed by atoms with van der Waals surface area (Å²) >= 11 is 0. The van der Waals surface area contributed by atoms with Gasteiger partial charge >= 0.3 is 0 Å². The summed E-state index contributed by atoms with van der Waals surface area (Å²) in [4.78, 5) is 4.66. The van der Waals surface area contributed by atoms with E-state index in [-0.39, 0.29) is 15.5 Å². The first kappa shape index (κ1) is 12.4. The topological polar surface area (TPSA) is 55.7 Å². The third-order valence-electron chi connectivity index (χ3n) is 2.01. The van der Waals surface area contributed by atoms with E-state index in [2.05, 4.69) is 16.6 Å². The van der Waals surface area contributed by atoms with Crippen LogP contribution in [0.15, 0.2) is 51.9 Å². The van der Waals surface area contributed by atoms with Crippen molar-refractivity contribution >= 4 is 15.5 Å². The molecule has 0 bridgehead atoms. The number of hydrogen-bond acceptors (Lipinski definition) is 4. The Morgan fingerprint density at radius 2 is 1.88 bits per heavy atom. The quantitative estimate of drug-likeness (QED) is 0.596. The normalized spacial score (nSPS) is 12.2. The number of hydrogen-bond donors (Lipinski definition) is 0. The fourth-order valence-corrected chi connectivity index (χ4v) is 2.35. The third kappa shape index (κ3) is 2.49. The minimum absolute atomic E-state index is 0.0550. The Kier molecular flexibility index (Phi) is 3.84. The Bertz CT molecular complexity index is 503. The first-order valence-corrected chi connectivity index (χ1v) is 6.05. The van der Waals surface area contributed by atoms with E-state index >= 15 is 0 Å². The highest BCUT2D eigenvalue weighted by Crippen LogP contribution is 2.18. The molecular weight excluding hydrogens is 226 g/mol. The van der Waals surface area contributed by atoms with Crippen LogP contribution in [0.25, 0.3) is 0 Å². The fourth-order valence-electron chi connectivity index (χ4n) is 1.12. The maximum Gasteiger partial charge on any atom is 0.207 e. The van der Waals surface area contributed by atoms with E-state index < -0.39 is 9.84 Å². The minimum atomic E-state index is -3.57. The van der Waals surface area contributed by atoms with Crippen molar-refractivity contribution in [1.82, 2.24) is 0 Å². The van der Waals surface area contributed by atoms with Gasteiger partial charge in [-0.25, -0.2) is 8.42 Å². The van der Waals surface area contributed by atoms with Crippen LogP contribution < -0.4 is 0 Å². The summed E-state index contributed by atoms with van der Waals surface area (Å²) in [5.74, 6) is 0. The zero-order chi connectivity index (χ0) is 12.2. The summed E-state index contributed by atoms with van der Waals surface area (Å²) < 4.78 is 24.0. The van der Waals surface area contributed by atoms with Gasteiger partial charge in [-0.3, -0.25) is 0 Å². The van der Waals surface area contributed by atoms with Crippen LogP contribution in [-0.4, -0.2) is 21.2 Å². The molecule has 1 aromatic carbocycles. The monoisotopic (exact) mass is 239 g/mol. The van der Waals surface area contributed by atoms with Gasteiger partial charge in [0.2, 0.25) is 9.84 Å². The Morgan fingerprint density at radius 1 is 1.31 bits per heavy atom. The molecule has 0 saturated carbocycles. The molecule has 0 heterocycles. The molecule has 0 aliphatic heterocycles. The molecule has 0 aromatic heterocycles. The number of sulfone groups is 1. The van der Waals surface area contributed by atoms with Gasteiger partial charge in [0.25, 0.3) is 0 Å². The second-order valence-corrected chi connectivity index (χ2v) is 5.07. The van der Waals surface area contributed by atoms with E-state index in [1.165, 1.54) is 26.2 Å². The van der Waals surface area contributed by atoms with Gasteiger partial charge in [0, 0.05) is 0 Å². The lowest BCUT2D eigenvalue weighted by atomic mass is 10.4. The highest BCUT2D eigenvalue weighted by atomic mass is 32.2. The number of allylic oxidation sites excluding steroid dienone is 1. The maximum absolute atomic E-state index is 12.0. The molecule has 16 heavy (non-hydrogen) atoms. The number of benzene rings is 1. The predicted molar refractivity (Wildman–Crippen MR) is 62.9 cm³/mol. The molecule has 0 aliphatic rings. The smallest absolute Gasteiger partial charge is 0.207 e. The highest BCUT2D eigenvalue weighted by molar-refractivity contribution is 7.96. The van der Waals surface area contributed by atoms with Gasteiger partial charge in [0.1, 0.15) is 7.11 Å². The van der Waals surface area contributed by atoms with Crippen molar-refractivity contribution in [2.24, 2.45) is 5.16 Å². The lowest BCUT2D eigenvalue weighted by molar-refractivity contribution is 0.213. The lowest BCUT2D eigenvalue weighted by Gasteiger charge is -2.06. The van der Waals surface area contributed by atoms with E-state index in [1.807, 2.05) is 0 Å². The van der Waals surface area contributed by atoms with Crippen molar-refractivity contribution in [2.45, 2.75) is 11.8 Å². The standard InChI is InChI=1S/C11H13NO3S/c1-9(12-15-3)10(2)16(13,14)11-7-5-4-6-8-11/h4-8H,2H2,1,3H3/b12-9-. The zero-order valence-corrected chi connectivity index (χ0v) is 9.99. The maximum atomic E-state index is 12.0. The van der Waals surface area contributed by atoms with E-state index in [0.717, 1.165) is 0 Å². The predicted octanol–water partition coefficient (Wildman–Crippen LogP) is 2.00. The van der Waals surface area contributed by atoms with E-state index in [4.69, 9.17) is 0 Å². The van der Waals surface area contributed by atoms with Crippen molar-refractivity contribution in [3.8, 4) is 0 Å². The summed E-state index contributed by atoms with van der Waals surface area (Å²) in [5, 5.41) is 3.55. The van der Waals surface area contributed by atoms with Gasteiger partial charge in [-0.2, -0.15) is 0 Å². The molecule has 0 radical (unpaired) electrons. The molecule has 0 saturated heterocycles. The summed E-state index contributed by atoms with van der Waals surface area (Å²) in [7, 11) is -2.21. The molecule has 0 N–H and O–H groups in total. The van der Waals surface area contributed by atoms with Crippen LogP contribution in [0, 0.1) is 0 Å². The van der Waals surface area contributed by atoms with E-state index in [0.29, 0.717) is 0 Å². The SMILES string of the molecule is C=C(/C(C)=N\OC)S(=O)(=O)c1ccccc1. The van der Waals surface area contributed by atoms with Crippen molar-refractivity contribution in [1.29, 1.82) is 0 Å². The highest BCUT2D eigenvalue weighted by Gasteiger charge is 2.20. The lowest BCUT2D eigenvalue weighted by Crippen LogP contribution is -2.10. The van der Waals surface area contributed by atoms with Crippen LogP contribution in [0.3, 0.4) is 0 Å².